The third-order valence-corrected chi connectivity index (χ3v) is 4.31. The molecule has 0 unspecified atom stereocenters. The molecule has 0 aliphatic heterocycles. The lowest BCUT2D eigenvalue weighted by Gasteiger charge is -2.10. The van der Waals surface area contributed by atoms with Gasteiger partial charge in [-0.3, -0.25) is 4.79 Å². The van der Waals surface area contributed by atoms with Gasteiger partial charge in [0.25, 0.3) is 5.91 Å². The lowest BCUT2D eigenvalue weighted by Crippen LogP contribution is -2.20. The Kier molecular flexibility index (Phi) is 5.70. The van der Waals surface area contributed by atoms with Crippen molar-refractivity contribution in [3.63, 3.8) is 0 Å². The van der Waals surface area contributed by atoms with Crippen LogP contribution in [-0.4, -0.2) is 27.3 Å². The zero-order valence-electron chi connectivity index (χ0n) is 16.4. The van der Waals surface area contributed by atoms with Gasteiger partial charge in [-0.2, -0.15) is 0 Å². The first-order chi connectivity index (χ1) is 14.7. The summed E-state index contributed by atoms with van der Waals surface area (Å²) in [6.45, 7) is 1.87. The number of aromatic nitrogens is 3. The lowest BCUT2D eigenvalue weighted by molar-refractivity contribution is -0.118. The number of anilines is 1. The van der Waals surface area contributed by atoms with Crippen molar-refractivity contribution in [1.29, 1.82) is 0 Å². The van der Waals surface area contributed by atoms with Crippen LogP contribution in [0.4, 0.5) is 5.69 Å². The molecule has 0 aliphatic carbocycles. The Morgan fingerprint density at radius 3 is 2.40 bits per heavy atom. The van der Waals surface area contributed by atoms with Gasteiger partial charge in [0.15, 0.2) is 12.4 Å². The minimum atomic E-state index is -0.238. The smallest absolute Gasteiger partial charge is 0.262 e. The van der Waals surface area contributed by atoms with E-state index in [1.165, 1.54) is 0 Å². The van der Waals surface area contributed by atoms with Crippen LogP contribution >= 0.6 is 0 Å². The van der Waals surface area contributed by atoms with Crippen molar-refractivity contribution in [2.45, 2.75) is 6.92 Å². The summed E-state index contributed by atoms with van der Waals surface area (Å²) in [5.74, 6) is 2.14. The van der Waals surface area contributed by atoms with Gasteiger partial charge >= 0.3 is 0 Å². The third kappa shape index (κ3) is 4.82. The van der Waals surface area contributed by atoms with Crippen molar-refractivity contribution in [3.8, 4) is 23.2 Å². The molecule has 7 nitrogen and oxygen atoms in total. The summed E-state index contributed by atoms with van der Waals surface area (Å²) in [7, 11) is 0. The Hall–Kier alpha value is -4.13. The fourth-order valence-electron chi connectivity index (χ4n) is 2.78. The monoisotopic (exact) mass is 400 g/mol. The molecule has 150 valence electrons. The number of aryl methyl sites for hydroxylation is 1. The van der Waals surface area contributed by atoms with Gasteiger partial charge in [-0.25, -0.2) is 0 Å². The Morgan fingerprint density at radius 2 is 1.70 bits per heavy atom. The normalized spacial score (nSPS) is 10.4. The van der Waals surface area contributed by atoms with Crippen LogP contribution in [0.5, 0.6) is 17.4 Å². The Morgan fingerprint density at radius 1 is 0.933 bits per heavy atom. The maximum Gasteiger partial charge on any atom is 0.262 e. The number of para-hydroxylation sites is 1. The standard InChI is InChI=1S/C23H20N4O3/c1-17-6-2-3-7-20(17)29-16-22(28)24-18-8-10-19(11-9-18)30-23-13-12-21(25-26-23)27-14-4-5-15-27/h2-15H,16H2,1H3,(H,24,28). The molecule has 4 aromatic rings. The largest absolute Gasteiger partial charge is 0.483 e. The fraction of sp³-hybridized carbons (Fsp3) is 0.0870. The highest BCUT2D eigenvalue weighted by molar-refractivity contribution is 5.91. The summed E-state index contributed by atoms with van der Waals surface area (Å²) in [6.07, 6.45) is 3.78. The molecule has 30 heavy (non-hydrogen) atoms. The number of nitrogens with one attached hydrogen (secondary N) is 1. The molecule has 7 heteroatoms. The molecule has 0 spiro atoms. The van der Waals surface area contributed by atoms with Crippen molar-refractivity contribution >= 4 is 11.6 Å². The molecule has 1 N–H and O–H groups in total. The molecule has 0 saturated heterocycles. The molecule has 0 bridgehead atoms. The van der Waals surface area contributed by atoms with Gasteiger partial charge in [-0.15, -0.1) is 10.2 Å². The summed E-state index contributed by atoms with van der Waals surface area (Å²) < 4.78 is 13.1. The van der Waals surface area contributed by atoms with Gasteiger partial charge in [0.1, 0.15) is 11.5 Å². The molecule has 0 aliphatic rings. The van der Waals surface area contributed by atoms with Crippen LogP contribution in [0.25, 0.3) is 5.82 Å². The molecule has 0 radical (unpaired) electrons. The van der Waals surface area contributed by atoms with Gasteiger partial charge in [0.05, 0.1) is 0 Å². The second kappa shape index (κ2) is 8.91. The van der Waals surface area contributed by atoms with E-state index >= 15 is 0 Å². The van der Waals surface area contributed by atoms with E-state index in [4.69, 9.17) is 9.47 Å². The van der Waals surface area contributed by atoms with E-state index in [0.29, 0.717) is 28.9 Å². The first-order valence-electron chi connectivity index (χ1n) is 9.41. The van der Waals surface area contributed by atoms with Gasteiger partial charge in [-0.1, -0.05) is 18.2 Å². The number of hydrogen-bond acceptors (Lipinski definition) is 5. The maximum absolute atomic E-state index is 12.1. The van der Waals surface area contributed by atoms with E-state index in [1.807, 2.05) is 66.3 Å². The summed E-state index contributed by atoms with van der Waals surface area (Å²) in [6, 6.07) is 22.0. The average molecular weight is 400 g/mol. The average Bonchev–Trinajstić information content (AvgIpc) is 3.30. The molecule has 4 rings (SSSR count). The second-order valence-corrected chi connectivity index (χ2v) is 6.55. The van der Waals surface area contributed by atoms with Gasteiger partial charge in [0, 0.05) is 24.1 Å². The molecule has 2 heterocycles. The van der Waals surface area contributed by atoms with Crippen molar-refractivity contribution in [2.24, 2.45) is 0 Å². The summed E-state index contributed by atoms with van der Waals surface area (Å²) >= 11 is 0. The van der Waals surface area contributed by atoms with Gasteiger partial charge in [-0.05, 0) is 61.0 Å². The molecule has 0 saturated carbocycles. The predicted octanol–water partition coefficient (Wildman–Crippen LogP) is 4.39. The number of ether oxygens (including phenoxy) is 2. The van der Waals surface area contributed by atoms with Crippen molar-refractivity contribution in [3.05, 3.63) is 90.8 Å². The van der Waals surface area contributed by atoms with E-state index in [9.17, 15) is 4.79 Å². The molecule has 2 aromatic heterocycles. The SMILES string of the molecule is Cc1ccccc1OCC(=O)Nc1ccc(Oc2ccc(-n3cccc3)nn2)cc1. The zero-order chi connectivity index (χ0) is 20.8. The fourth-order valence-corrected chi connectivity index (χ4v) is 2.78. The van der Waals surface area contributed by atoms with E-state index in [-0.39, 0.29) is 12.5 Å². The number of nitrogens with zero attached hydrogens (tertiary/aromatic N) is 3. The third-order valence-electron chi connectivity index (χ3n) is 4.31. The minimum absolute atomic E-state index is 0.0631. The summed E-state index contributed by atoms with van der Waals surface area (Å²) in [5, 5.41) is 11.0. The number of carbonyl (C=O) groups is 1. The van der Waals surface area contributed by atoms with Crippen molar-refractivity contribution in [2.75, 3.05) is 11.9 Å². The van der Waals surface area contributed by atoms with E-state index in [0.717, 1.165) is 5.56 Å². The topological polar surface area (TPSA) is 78.3 Å². The molecular formula is C23H20N4O3. The van der Waals surface area contributed by atoms with Crippen LogP contribution in [0.3, 0.4) is 0 Å². The van der Waals surface area contributed by atoms with Crippen LogP contribution in [0.1, 0.15) is 5.56 Å². The highest BCUT2D eigenvalue weighted by Crippen LogP contribution is 2.22. The van der Waals surface area contributed by atoms with Gasteiger partial charge in [0.2, 0.25) is 5.88 Å². The molecule has 2 aromatic carbocycles. The van der Waals surface area contributed by atoms with E-state index in [2.05, 4.69) is 15.5 Å². The van der Waals surface area contributed by atoms with E-state index in [1.54, 1.807) is 30.3 Å². The number of hydrogen-bond donors (Lipinski definition) is 1. The number of carbonyl (C=O) groups excluding carboxylic acids is 1. The van der Waals surface area contributed by atoms with Crippen LogP contribution in [0.15, 0.2) is 85.2 Å². The van der Waals surface area contributed by atoms with E-state index < -0.39 is 0 Å². The number of rotatable bonds is 7. The Labute approximate surface area is 173 Å². The highest BCUT2D eigenvalue weighted by Gasteiger charge is 2.06. The maximum atomic E-state index is 12.1. The molecule has 0 atom stereocenters. The van der Waals surface area contributed by atoms with Crippen LogP contribution in [0.2, 0.25) is 0 Å². The first-order valence-corrected chi connectivity index (χ1v) is 9.41. The second-order valence-electron chi connectivity index (χ2n) is 6.55. The van der Waals surface area contributed by atoms with Crippen molar-refractivity contribution in [1.82, 2.24) is 14.8 Å². The van der Waals surface area contributed by atoms with Crippen LogP contribution < -0.4 is 14.8 Å². The molecule has 1 amide bonds. The van der Waals surface area contributed by atoms with Gasteiger partial charge < -0.3 is 19.4 Å². The number of benzene rings is 2. The Balaban J connectivity index is 1.30. The Bertz CT molecular complexity index is 1110. The minimum Gasteiger partial charge on any atom is -0.483 e. The summed E-state index contributed by atoms with van der Waals surface area (Å²) in [5.41, 5.74) is 1.63. The first kappa shape index (κ1) is 19.2. The van der Waals surface area contributed by atoms with Crippen molar-refractivity contribution < 1.29 is 14.3 Å². The molecule has 0 fully saturated rings. The molecular weight excluding hydrogens is 380 g/mol. The number of amides is 1. The quantitative estimate of drug-likeness (QED) is 0.498. The predicted molar refractivity (Wildman–Crippen MR) is 113 cm³/mol. The lowest BCUT2D eigenvalue weighted by atomic mass is 10.2. The van der Waals surface area contributed by atoms with Crippen LogP contribution in [-0.2, 0) is 4.79 Å². The highest BCUT2D eigenvalue weighted by atomic mass is 16.5. The van der Waals surface area contributed by atoms with Crippen LogP contribution in [0, 0.1) is 6.92 Å². The zero-order valence-corrected chi connectivity index (χ0v) is 16.4. The summed E-state index contributed by atoms with van der Waals surface area (Å²) in [4.78, 5) is 12.1.